The van der Waals surface area contributed by atoms with Gasteiger partial charge in [-0.3, -0.25) is 0 Å². The van der Waals surface area contributed by atoms with Crippen LogP contribution in [0.4, 0.5) is 0 Å². The predicted octanol–water partition coefficient (Wildman–Crippen LogP) is 2.99. The van der Waals surface area contributed by atoms with Crippen LogP contribution < -0.4 is 10.1 Å². The standard InChI is InChI=1S/C15H18N2O2/c1-2-18-14-7-3-11(4-8-14)15-9-13(17-19-15)10-16-12-5-6-12/h3-4,7-9,12,16H,2,5-6,10H2,1H3. The highest BCUT2D eigenvalue weighted by Gasteiger charge is 2.20. The molecule has 4 nitrogen and oxygen atoms in total. The van der Waals surface area contributed by atoms with Crippen LogP contribution in [0.15, 0.2) is 34.9 Å². The van der Waals surface area contributed by atoms with Gasteiger partial charge in [0.2, 0.25) is 0 Å². The SMILES string of the molecule is CCOc1ccc(-c2cc(CNC3CC3)no2)cc1. The van der Waals surface area contributed by atoms with E-state index in [1.165, 1.54) is 12.8 Å². The van der Waals surface area contributed by atoms with Crippen molar-refractivity contribution in [1.29, 1.82) is 0 Å². The van der Waals surface area contributed by atoms with Gasteiger partial charge in [0.05, 0.1) is 12.3 Å². The summed E-state index contributed by atoms with van der Waals surface area (Å²) in [6.45, 7) is 3.44. The number of rotatable bonds is 6. The maximum atomic E-state index is 5.42. The smallest absolute Gasteiger partial charge is 0.167 e. The Morgan fingerprint density at radius 2 is 2.11 bits per heavy atom. The highest BCUT2D eigenvalue weighted by molar-refractivity contribution is 5.58. The number of hydrogen-bond donors (Lipinski definition) is 1. The van der Waals surface area contributed by atoms with E-state index in [9.17, 15) is 0 Å². The van der Waals surface area contributed by atoms with Crippen LogP contribution in [0.25, 0.3) is 11.3 Å². The fraction of sp³-hybridized carbons (Fsp3) is 0.400. The minimum absolute atomic E-state index is 0.679. The third-order valence-electron chi connectivity index (χ3n) is 3.16. The molecule has 0 atom stereocenters. The van der Waals surface area contributed by atoms with Crippen LogP contribution in [0.5, 0.6) is 5.75 Å². The Morgan fingerprint density at radius 3 is 2.79 bits per heavy atom. The maximum Gasteiger partial charge on any atom is 0.167 e. The molecular weight excluding hydrogens is 240 g/mol. The molecule has 1 saturated carbocycles. The molecule has 1 heterocycles. The molecule has 1 aliphatic carbocycles. The van der Waals surface area contributed by atoms with Crippen LogP contribution >= 0.6 is 0 Å². The molecule has 0 radical (unpaired) electrons. The largest absolute Gasteiger partial charge is 0.494 e. The number of ether oxygens (including phenoxy) is 1. The van der Waals surface area contributed by atoms with Gasteiger partial charge in [-0.2, -0.15) is 0 Å². The lowest BCUT2D eigenvalue weighted by Crippen LogP contribution is -2.15. The Hall–Kier alpha value is -1.81. The first-order valence-corrected chi connectivity index (χ1v) is 6.77. The van der Waals surface area contributed by atoms with Crippen molar-refractivity contribution < 1.29 is 9.26 Å². The van der Waals surface area contributed by atoms with Crippen molar-refractivity contribution >= 4 is 0 Å². The zero-order chi connectivity index (χ0) is 13.1. The molecule has 100 valence electrons. The van der Waals surface area contributed by atoms with Gasteiger partial charge >= 0.3 is 0 Å². The Labute approximate surface area is 112 Å². The summed E-state index contributed by atoms with van der Waals surface area (Å²) in [6.07, 6.45) is 2.56. The van der Waals surface area contributed by atoms with Crippen molar-refractivity contribution in [1.82, 2.24) is 10.5 Å². The molecule has 0 bridgehead atoms. The van der Waals surface area contributed by atoms with Crippen LogP contribution in [0, 0.1) is 0 Å². The third-order valence-corrected chi connectivity index (χ3v) is 3.16. The van der Waals surface area contributed by atoms with Crippen LogP contribution in [0.2, 0.25) is 0 Å². The number of hydrogen-bond acceptors (Lipinski definition) is 4. The summed E-state index contributed by atoms with van der Waals surface area (Å²) >= 11 is 0. The van der Waals surface area contributed by atoms with Gasteiger partial charge in [-0.1, -0.05) is 5.16 Å². The molecule has 1 aromatic heterocycles. The molecule has 4 heteroatoms. The summed E-state index contributed by atoms with van der Waals surface area (Å²) in [6, 6.07) is 10.6. The van der Waals surface area contributed by atoms with Gasteiger partial charge in [-0.15, -0.1) is 0 Å². The van der Waals surface area contributed by atoms with Crippen molar-refractivity contribution in [3.63, 3.8) is 0 Å². The minimum atomic E-state index is 0.679. The van der Waals surface area contributed by atoms with Crippen molar-refractivity contribution in [3.05, 3.63) is 36.0 Å². The molecule has 0 saturated heterocycles. The molecule has 0 aliphatic heterocycles. The summed E-state index contributed by atoms with van der Waals surface area (Å²) in [5, 5.41) is 7.50. The lowest BCUT2D eigenvalue weighted by Gasteiger charge is -2.02. The highest BCUT2D eigenvalue weighted by Crippen LogP contribution is 2.24. The van der Waals surface area contributed by atoms with Gasteiger partial charge in [0.25, 0.3) is 0 Å². The molecule has 1 aliphatic rings. The van der Waals surface area contributed by atoms with E-state index < -0.39 is 0 Å². The Bertz CT molecular complexity index is 529. The van der Waals surface area contributed by atoms with Crippen LogP contribution in [0.3, 0.4) is 0 Å². The number of benzene rings is 1. The van der Waals surface area contributed by atoms with Gasteiger partial charge in [-0.05, 0) is 44.0 Å². The molecule has 19 heavy (non-hydrogen) atoms. The quantitative estimate of drug-likeness (QED) is 0.865. The topological polar surface area (TPSA) is 47.3 Å². The number of nitrogens with one attached hydrogen (secondary N) is 1. The monoisotopic (exact) mass is 258 g/mol. The Morgan fingerprint density at radius 1 is 1.32 bits per heavy atom. The van der Waals surface area contributed by atoms with Gasteiger partial charge in [0, 0.05) is 24.2 Å². The predicted molar refractivity (Wildman–Crippen MR) is 73.0 cm³/mol. The lowest BCUT2D eigenvalue weighted by molar-refractivity contribution is 0.340. The van der Waals surface area contributed by atoms with Crippen LogP contribution in [-0.4, -0.2) is 17.8 Å². The molecule has 0 unspecified atom stereocenters. The van der Waals surface area contributed by atoms with E-state index in [1.807, 2.05) is 37.3 Å². The van der Waals surface area contributed by atoms with Crippen molar-refractivity contribution in [2.45, 2.75) is 32.4 Å². The summed E-state index contributed by atoms with van der Waals surface area (Å²) in [7, 11) is 0. The third kappa shape index (κ3) is 3.15. The van der Waals surface area contributed by atoms with E-state index >= 15 is 0 Å². The molecule has 0 spiro atoms. The Balaban J connectivity index is 1.66. The van der Waals surface area contributed by atoms with Gasteiger partial charge in [0.1, 0.15) is 5.75 Å². The molecule has 0 amide bonds. The molecule has 1 aromatic carbocycles. The molecule has 1 N–H and O–H groups in total. The fourth-order valence-electron chi connectivity index (χ4n) is 1.95. The van der Waals surface area contributed by atoms with E-state index in [4.69, 9.17) is 9.26 Å². The number of aromatic nitrogens is 1. The summed E-state index contributed by atoms with van der Waals surface area (Å²) < 4.78 is 10.8. The second-order valence-electron chi connectivity index (χ2n) is 4.80. The summed E-state index contributed by atoms with van der Waals surface area (Å²) in [5.41, 5.74) is 1.98. The van der Waals surface area contributed by atoms with Crippen molar-refractivity contribution in [2.75, 3.05) is 6.61 Å². The van der Waals surface area contributed by atoms with E-state index in [2.05, 4.69) is 10.5 Å². The minimum Gasteiger partial charge on any atom is -0.494 e. The average Bonchev–Trinajstić information content (AvgIpc) is 3.15. The number of nitrogens with zero attached hydrogens (tertiary/aromatic N) is 1. The Kier molecular flexibility index (Phi) is 3.51. The van der Waals surface area contributed by atoms with Crippen molar-refractivity contribution in [3.8, 4) is 17.1 Å². The van der Waals surface area contributed by atoms with Gasteiger partial charge in [0.15, 0.2) is 5.76 Å². The van der Waals surface area contributed by atoms with E-state index in [0.29, 0.717) is 12.6 Å². The van der Waals surface area contributed by atoms with E-state index in [0.717, 1.165) is 29.3 Å². The average molecular weight is 258 g/mol. The normalized spacial score (nSPS) is 14.6. The first-order chi connectivity index (χ1) is 9.35. The second kappa shape index (κ2) is 5.45. The van der Waals surface area contributed by atoms with Crippen LogP contribution in [-0.2, 0) is 6.54 Å². The van der Waals surface area contributed by atoms with Gasteiger partial charge in [-0.25, -0.2) is 0 Å². The molecule has 1 fully saturated rings. The second-order valence-corrected chi connectivity index (χ2v) is 4.80. The summed E-state index contributed by atoms with van der Waals surface area (Å²) in [4.78, 5) is 0. The first-order valence-electron chi connectivity index (χ1n) is 6.77. The fourth-order valence-corrected chi connectivity index (χ4v) is 1.95. The van der Waals surface area contributed by atoms with Gasteiger partial charge < -0.3 is 14.6 Å². The molecule has 3 rings (SSSR count). The zero-order valence-corrected chi connectivity index (χ0v) is 11.1. The molecule has 2 aromatic rings. The van der Waals surface area contributed by atoms with Crippen LogP contribution in [0.1, 0.15) is 25.5 Å². The van der Waals surface area contributed by atoms with Crippen molar-refractivity contribution in [2.24, 2.45) is 0 Å². The highest BCUT2D eigenvalue weighted by atomic mass is 16.5. The lowest BCUT2D eigenvalue weighted by atomic mass is 10.1. The van der Waals surface area contributed by atoms with E-state index in [-0.39, 0.29) is 0 Å². The molecular formula is C15H18N2O2. The summed E-state index contributed by atoms with van der Waals surface area (Å²) in [5.74, 6) is 1.68. The zero-order valence-electron chi connectivity index (χ0n) is 11.1. The van der Waals surface area contributed by atoms with E-state index in [1.54, 1.807) is 0 Å². The first kappa shape index (κ1) is 12.2. The maximum absolute atomic E-state index is 5.42.